The topological polar surface area (TPSA) is 77.4 Å². The zero-order valence-corrected chi connectivity index (χ0v) is 19.4. The quantitative estimate of drug-likeness (QED) is 0.252. The SMILES string of the molecule is CCCCCCCC/C=C\CCCCCCCC(=O)[O-].O=C(O)C(F)(F)F.[Na+]. The van der Waals surface area contributed by atoms with E-state index in [1.54, 1.807) is 0 Å². The van der Waals surface area contributed by atoms with Crippen molar-refractivity contribution in [2.24, 2.45) is 0 Å². The maximum Gasteiger partial charge on any atom is 1.00 e. The molecule has 4 nitrogen and oxygen atoms in total. The third kappa shape index (κ3) is 30.2. The van der Waals surface area contributed by atoms with E-state index in [9.17, 15) is 23.1 Å². The fraction of sp³-hybridized carbons (Fsp3) is 0.800. The Morgan fingerprint density at radius 2 is 1.18 bits per heavy atom. The summed E-state index contributed by atoms with van der Waals surface area (Å²) in [6.07, 6.45) is 15.8. The number of carbonyl (C=O) groups excluding carboxylic acids is 1. The van der Waals surface area contributed by atoms with Crippen LogP contribution in [0.2, 0.25) is 0 Å². The third-order valence-corrected chi connectivity index (χ3v) is 3.89. The van der Waals surface area contributed by atoms with Gasteiger partial charge in [-0.25, -0.2) is 4.79 Å². The first-order chi connectivity index (χ1) is 12.7. The second-order valence-electron chi connectivity index (χ2n) is 6.51. The number of alkyl halides is 3. The van der Waals surface area contributed by atoms with Gasteiger partial charge in [0.05, 0.1) is 0 Å². The number of carboxylic acid groups (broad SMARTS) is 2. The van der Waals surface area contributed by atoms with E-state index < -0.39 is 18.1 Å². The van der Waals surface area contributed by atoms with Crippen LogP contribution in [0.1, 0.15) is 96.8 Å². The van der Waals surface area contributed by atoms with Crippen molar-refractivity contribution >= 4 is 11.9 Å². The number of allylic oxidation sites excluding steroid dienone is 2. The standard InChI is InChI=1S/C18H34O2.C2HF3O2.Na/c1-2-3-4-5-6-7-8-9-10-11-12-13-14-15-16-17-18(19)20;3-2(4,5)1(6)7;/h9-10H,2-8,11-17H2,1H3,(H,19,20);(H,6,7);/q;;+1/p-1/b10-9-;;. The third-order valence-electron chi connectivity index (χ3n) is 3.89. The molecule has 0 aliphatic carbocycles. The van der Waals surface area contributed by atoms with Gasteiger partial charge in [-0.3, -0.25) is 0 Å². The molecule has 0 radical (unpaired) electrons. The Bertz CT molecular complexity index is 399. The van der Waals surface area contributed by atoms with Crippen LogP contribution in [0.5, 0.6) is 0 Å². The second-order valence-corrected chi connectivity index (χ2v) is 6.51. The first-order valence-corrected chi connectivity index (χ1v) is 9.86. The zero-order valence-electron chi connectivity index (χ0n) is 17.4. The van der Waals surface area contributed by atoms with Crippen molar-refractivity contribution in [2.75, 3.05) is 0 Å². The second kappa shape index (κ2) is 22.8. The van der Waals surface area contributed by atoms with Gasteiger partial charge >= 0.3 is 41.7 Å². The van der Waals surface area contributed by atoms with E-state index in [0.717, 1.165) is 19.3 Å². The van der Waals surface area contributed by atoms with Gasteiger partial charge in [-0.1, -0.05) is 70.4 Å². The van der Waals surface area contributed by atoms with Gasteiger partial charge in [0.15, 0.2) is 0 Å². The minimum atomic E-state index is -5.08. The fourth-order valence-electron chi connectivity index (χ4n) is 2.34. The molecule has 0 aromatic heterocycles. The number of carboxylic acids is 2. The van der Waals surface area contributed by atoms with E-state index in [0.29, 0.717) is 0 Å². The monoisotopic (exact) mass is 418 g/mol. The molecule has 0 saturated heterocycles. The summed E-state index contributed by atoms with van der Waals surface area (Å²) in [7, 11) is 0. The molecule has 0 aliphatic heterocycles. The molecule has 0 heterocycles. The number of unbranched alkanes of at least 4 members (excludes halogenated alkanes) is 11. The molecule has 1 N–H and O–H groups in total. The molecule has 0 atom stereocenters. The van der Waals surface area contributed by atoms with Crippen molar-refractivity contribution in [2.45, 2.75) is 103 Å². The molecule has 0 fully saturated rings. The molecule has 0 aromatic carbocycles. The molecule has 8 heteroatoms. The van der Waals surface area contributed by atoms with Gasteiger partial charge < -0.3 is 15.0 Å². The van der Waals surface area contributed by atoms with Gasteiger partial charge in [-0.2, -0.15) is 13.2 Å². The normalized spacial score (nSPS) is 10.9. The predicted octanol–water partition coefficient (Wildman–Crippen LogP) is 2.41. The minimum absolute atomic E-state index is 0. The molecular formula is C20H34F3NaO4. The van der Waals surface area contributed by atoms with E-state index in [2.05, 4.69) is 19.1 Å². The Morgan fingerprint density at radius 1 is 0.821 bits per heavy atom. The predicted molar refractivity (Wildman–Crippen MR) is 98.1 cm³/mol. The molecule has 0 spiro atoms. The van der Waals surface area contributed by atoms with Crippen LogP contribution in [0.3, 0.4) is 0 Å². The molecular weight excluding hydrogens is 384 g/mol. The van der Waals surface area contributed by atoms with Gasteiger partial charge in [0, 0.05) is 5.97 Å². The number of hydrogen-bond acceptors (Lipinski definition) is 3. The van der Waals surface area contributed by atoms with E-state index >= 15 is 0 Å². The summed E-state index contributed by atoms with van der Waals surface area (Å²) in [5, 5.41) is 17.3. The van der Waals surface area contributed by atoms with E-state index in [1.807, 2.05) is 0 Å². The van der Waals surface area contributed by atoms with Crippen LogP contribution in [-0.2, 0) is 9.59 Å². The van der Waals surface area contributed by atoms with Gasteiger partial charge in [0.2, 0.25) is 0 Å². The van der Waals surface area contributed by atoms with E-state index in [4.69, 9.17) is 9.90 Å². The summed E-state index contributed by atoms with van der Waals surface area (Å²) in [6.45, 7) is 2.26. The maximum absolute atomic E-state index is 10.6. The summed E-state index contributed by atoms with van der Waals surface area (Å²) in [5.41, 5.74) is 0. The van der Waals surface area contributed by atoms with Gasteiger partial charge in [-0.05, 0) is 38.5 Å². The molecule has 0 aromatic rings. The van der Waals surface area contributed by atoms with Gasteiger partial charge in [-0.15, -0.1) is 0 Å². The van der Waals surface area contributed by atoms with Crippen molar-refractivity contribution in [1.82, 2.24) is 0 Å². The van der Waals surface area contributed by atoms with Crippen LogP contribution in [0.15, 0.2) is 12.2 Å². The summed E-state index contributed by atoms with van der Waals surface area (Å²) in [4.78, 5) is 19.1. The molecule has 0 unspecified atom stereocenters. The van der Waals surface area contributed by atoms with Crippen molar-refractivity contribution in [3.8, 4) is 0 Å². The van der Waals surface area contributed by atoms with Crippen LogP contribution in [0.4, 0.5) is 13.2 Å². The van der Waals surface area contributed by atoms with Gasteiger partial charge in [0.25, 0.3) is 0 Å². The Morgan fingerprint density at radius 3 is 1.54 bits per heavy atom. The van der Waals surface area contributed by atoms with Crippen molar-refractivity contribution in [1.29, 1.82) is 0 Å². The van der Waals surface area contributed by atoms with Crippen LogP contribution < -0.4 is 34.7 Å². The Labute approximate surface area is 189 Å². The molecule has 28 heavy (non-hydrogen) atoms. The molecule has 0 rings (SSSR count). The molecule has 0 aliphatic rings. The first kappa shape index (κ1) is 32.1. The average Bonchev–Trinajstić information content (AvgIpc) is 2.57. The molecule has 0 amide bonds. The Balaban J connectivity index is -0.000000665. The first-order valence-electron chi connectivity index (χ1n) is 9.86. The Hall–Kier alpha value is -0.530. The maximum atomic E-state index is 10.6. The number of carbonyl (C=O) groups is 2. The average molecular weight is 418 g/mol. The van der Waals surface area contributed by atoms with Crippen molar-refractivity contribution in [3.05, 3.63) is 12.2 Å². The number of aliphatic carboxylic acids is 2. The van der Waals surface area contributed by atoms with Crippen LogP contribution in [0, 0.1) is 0 Å². The summed E-state index contributed by atoms with van der Waals surface area (Å²) in [6, 6.07) is 0. The summed E-state index contributed by atoms with van der Waals surface area (Å²) in [5.74, 6) is -3.67. The number of hydrogen-bond donors (Lipinski definition) is 1. The molecule has 160 valence electrons. The molecule has 0 saturated carbocycles. The van der Waals surface area contributed by atoms with E-state index in [-0.39, 0.29) is 36.0 Å². The summed E-state index contributed by atoms with van der Waals surface area (Å²) < 4.78 is 31.7. The summed E-state index contributed by atoms with van der Waals surface area (Å²) >= 11 is 0. The van der Waals surface area contributed by atoms with Crippen LogP contribution >= 0.6 is 0 Å². The number of rotatable bonds is 15. The number of halogens is 3. The Kier molecular flexibility index (Phi) is 26.1. The zero-order chi connectivity index (χ0) is 21.0. The molecule has 0 bridgehead atoms. The van der Waals surface area contributed by atoms with Crippen molar-refractivity contribution in [3.63, 3.8) is 0 Å². The smallest absolute Gasteiger partial charge is 0.550 e. The fourth-order valence-corrected chi connectivity index (χ4v) is 2.34. The van der Waals surface area contributed by atoms with Gasteiger partial charge in [0.1, 0.15) is 0 Å². The minimum Gasteiger partial charge on any atom is -0.550 e. The van der Waals surface area contributed by atoms with Crippen LogP contribution in [-0.4, -0.2) is 23.2 Å². The largest absolute Gasteiger partial charge is 1.00 e. The van der Waals surface area contributed by atoms with Crippen LogP contribution in [0.25, 0.3) is 0 Å². The van der Waals surface area contributed by atoms with E-state index in [1.165, 1.54) is 64.2 Å². The van der Waals surface area contributed by atoms with Crippen molar-refractivity contribution < 1.29 is 62.5 Å².